The van der Waals surface area contributed by atoms with E-state index in [9.17, 15) is 4.39 Å². The molecule has 0 amide bonds. The van der Waals surface area contributed by atoms with Gasteiger partial charge < -0.3 is 14.5 Å². The second-order valence-electron chi connectivity index (χ2n) is 6.47. The minimum atomic E-state index is -0.178. The molecular weight excluding hydrogens is 341 g/mol. The van der Waals surface area contributed by atoms with Crippen molar-refractivity contribution in [3.63, 3.8) is 0 Å². The number of nitrogens with zero attached hydrogens (tertiary/aromatic N) is 5. The Kier molecular flexibility index (Phi) is 4.82. The summed E-state index contributed by atoms with van der Waals surface area (Å²) < 4.78 is 18.1. The van der Waals surface area contributed by atoms with Crippen LogP contribution >= 0.6 is 11.3 Å². The first-order chi connectivity index (χ1) is 12.2. The smallest absolute Gasteiger partial charge is 0.208 e. The van der Waals surface area contributed by atoms with Crippen LogP contribution in [0.4, 0.5) is 15.2 Å². The molecule has 8 heteroatoms. The normalized spacial score (nSPS) is 19.3. The van der Waals surface area contributed by atoms with Crippen LogP contribution in [0, 0.1) is 5.82 Å². The first kappa shape index (κ1) is 16.7. The predicted octanol–water partition coefficient (Wildman–Crippen LogP) is 1.83. The fourth-order valence-corrected chi connectivity index (χ4v) is 4.22. The van der Waals surface area contributed by atoms with Gasteiger partial charge in [0.15, 0.2) is 0 Å². The molecule has 2 fully saturated rings. The number of methoxy groups -OCH3 is 1. The van der Waals surface area contributed by atoms with Gasteiger partial charge in [-0.1, -0.05) is 11.3 Å². The van der Waals surface area contributed by atoms with Crippen molar-refractivity contribution in [2.45, 2.75) is 12.6 Å². The summed E-state index contributed by atoms with van der Waals surface area (Å²) >= 11 is 1.61. The number of hydrogen-bond donors (Lipinski definition) is 0. The maximum atomic E-state index is 13.0. The van der Waals surface area contributed by atoms with Crippen molar-refractivity contribution in [3.05, 3.63) is 35.1 Å². The standard InChI is InChI=1S/C17H22FN5OS/c1-24-12-16-19-20-17(25-16)23-10-15(11-23)22-8-6-21(7-9-22)14-4-2-13(18)3-5-14/h2-5,15H,6-12H2,1H3. The Hall–Kier alpha value is -1.77. The van der Waals surface area contributed by atoms with Crippen LogP contribution in [0.2, 0.25) is 0 Å². The first-order valence-corrected chi connectivity index (χ1v) is 9.35. The molecule has 2 aliphatic rings. The van der Waals surface area contributed by atoms with Crippen LogP contribution < -0.4 is 9.80 Å². The Labute approximate surface area is 150 Å². The van der Waals surface area contributed by atoms with Crippen molar-refractivity contribution in [3.8, 4) is 0 Å². The summed E-state index contributed by atoms with van der Waals surface area (Å²) in [5, 5.41) is 10.3. The molecule has 2 aromatic rings. The Morgan fingerprint density at radius 3 is 2.48 bits per heavy atom. The highest BCUT2D eigenvalue weighted by Crippen LogP contribution is 2.28. The largest absolute Gasteiger partial charge is 0.377 e. The van der Waals surface area contributed by atoms with Gasteiger partial charge in [0.2, 0.25) is 5.13 Å². The summed E-state index contributed by atoms with van der Waals surface area (Å²) in [7, 11) is 1.67. The Bertz CT molecular complexity index is 695. The minimum Gasteiger partial charge on any atom is -0.377 e. The van der Waals surface area contributed by atoms with Crippen LogP contribution in [-0.4, -0.2) is 67.5 Å². The van der Waals surface area contributed by atoms with Gasteiger partial charge >= 0.3 is 0 Å². The molecule has 1 aromatic carbocycles. The zero-order valence-corrected chi connectivity index (χ0v) is 15.1. The zero-order chi connectivity index (χ0) is 17.2. The molecule has 0 N–H and O–H groups in total. The second kappa shape index (κ2) is 7.23. The Balaban J connectivity index is 1.26. The molecule has 4 rings (SSSR count). The van der Waals surface area contributed by atoms with Crippen LogP contribution in [0.15, 0.2) is 24.3 Å². The van der Waals surface area contributed by atoms with E-state index < -0.39 is 0 Å². The molecule has 25 heavy (non-hydrogen) atoms. The number of rotatable bonds is 5. The molecular formula is C17H22FN5OS. The molecule has 0 atom stereocenters. The second-order valence-corrected chi connectivity index (χ2v) is 7.51. The maximum Gasteiger partial charge on any atom is 0.208 e. The lowest BCUT2D eigenvalue weighted by atomic mass is 10.1. The van der Waals surface area contributed by atoms with E-state index in [4.69, 9.17) is 4.74 Å². The average molecular weight is 363 g/mol. The molecule has 0 bridgehead atoms. The lowest BCUT2D eigenvalue weighted by molar-refractivity contribution is 0.157. The van der Waals surface area contributed by atoms with Gasteiger partial charge in [-0.05, 0) is 24.3 Å². The van der Waals surface area contributed by atoms with Gasteiger partial charge in [-0.15, -0.1) is 10.2 Å². The van der Waals surface area contributed by atoms with Crippen molar-refractivity contribution in [2.75, 3.05) is 56.2 Å². The van der Waals surface area contributed by atoms with E-state index in [1.54, 1.807) is 18.4 Å². The molecule has 0 radical (unpaired) electrons. The molecule has 0 unspecified atom stereocenters. The number of hydrogen-bond acceptors (Lipinski definition) is 7. The quantitative estimate of drug-likeness (QED) is 0.808. The molecule has 3 heterocycles. The van der Waals surface area contributed by atoms with Gasteiger partial charge in [-0.2, -0.15) is 0 Å². The highest BCUT2D eigenvalue weighted by molar-refractivity contribution is 7.15. The summed E-state index contributed by atoms with van der Waals surface area (Å²) in [6.45, 7) is 6.61. The summed E-state index contributed by atoms with van der Waals surface area (Å²) in [5.74, 6) is -0.178. The van der Waals surface area contributed by atoms with Crippen LogP contribution in [0.3, 0.4) is 0 Å². The van der Waals surface area contributed by atoms with Crippen molar-refractivity contribution in [2.24, 2.45) is 0 Å². The third kappa shape index (κ3) is 3.61. The SMILES string of the molecule is COCc1nnc(N2CC(N3CCN(c4ccc(F)cc4)CC3)C2)s1. The topological polar surface area (TPSA) is 44.7 Å². The number of benzene rings is 1. The zero-order valence-electron chi connectivity index (χ0n) is 14.3. The van der Waals surface area contributed by atoms with Crippen LogP contribution in [0.1, 0.15) is 5.01 Å². The number of anilines is 2. The third-order valence-electron chi connectivity index (χ3n) is 4.88. The fourth-order valence-electron chi connectivity index (χ4n) is 3.39. The summed E-state index contributed by atoms with van der Waals surface area (Å²) in [4.78, 5) is 7.16. The lowest BCUT2D eigenvalue weighted by Gasteiger charge is -2.48. The van der Waals surface area contributed by atoms with Crippen LogP contribution in [0.5, 0.6) is 0 Å². The van der Waals surface area contributed by atoms with Gasteiger partial charge in [0.1, 0.15) is 17.4 Å². The van der Waals surface area contributed by atoms with Crippen LogP contribution in [-0.2, 0) is 11.3 Å². The van der Waals surface area contributed by atoms with E-state index in [1.165, 1.54) is 12.1 Å². The van der Waals surface area contributed by atoms with Crippen molar-refractivity contribution < 1.29 is 9.13 Å². The average Bonchev–Trinajstić information content (AvgIpc) is 3.04. The van der Waals surface area contributed by atoms with Gasteiger partial charge in [0.05, 0.1) is 0 Å². The fraction of sp³-hybridized carbons (Fsp3) is 0.529. The van der Waals surface area contributed by atoms with E-state index in [0.717, 1.165) is 55.1 Å². The van der Waals surface area contributed by atoms with Gasteiger partial charge in [-0.3, -0.25) is 4.90 Å². The van der Waals surface area contributed by atoms with Gasteiger partial charge in [0.25, 0.3) is 0 Å². The lowest BCUT2D eigenvalue weighted by Crippen LogP contribution is -2.63. The molecule has 0 saturated carbocycles. The van der Waals surface area contributed by atoms with Crippen LogP contribution in [0.25, 0.3) is 0 Å². The van der Waals surface area contributed by atoms with E-state index in [1.807, 2.05) is 12.1 Å². The Morgan fingerprint density at radius 1 is 1.08 bits per heavy atom. The third-order valence-corrected chi connectivity index (χ3v) is 5.84. The van der Waals surface area contributed by atoms with E-state index in [0.29, 0.717) is 12.6 Å². The molecule has 0 aliphatic carbocycles. The molecule has 6 nitrogen and oxygen atoms in total. The van der Waals surface area contributed by atoms with Crippen molar-refractivity contribution in [1.82, 2.24) is 15.1 Å². The first-order valence-electron chi connectivity index (χ1n) is 8.54. The number of piperazine rings is 1. The number of aromatic nitrogens is 2. The number of halogens is 1. The van der Waals surface area contributed by atoms with E-state index >= 15 is 0 Å². The van der Waals surface area contributed by atoms with Gasteiger partial charge in [0, 0.05) is 58.1 Å². The summed E-state index contributed by atoms with van der Waals surface area (Å²) in [5.41, 5.74) is 1.11. The highest BCUT2D eigenvalue weighted by atomic mass is 32.1. The summed E-state index contributed by atoms with van der Waals surface area (Å²) in [6.07, 6.45) is 0. The highest BCUT2D eigenvalue weighted by Gasteiger charge is 2.35. The minimum absolute atomic E-state index is 0.178. The van der Waals surface area contributed by atoms with Crippen molar-refractivity contribution in [1.29, 1.82) is 0 Å². The van der Waals surface area contributed by atoms with E-state index in [-0.39, 0.29) is 5.82 Å². The number of ether oxygens (including phenoxy) is 1. The monoisotopic (exact) mass is 363 g/mol. The van der Waals surface area contributed by atoms with E-state index in [2.05, 4.69) is 24.9 Å². The molecule has 2 aliphatic heterocycles. The predicted molar refractivity (Wildman–Crippen MR) is 96.8 cm³/mol. The Morgan fingerprint density at radius 2 is 1.80 bits per heavy atom. The molecule has 134 valence electrons. The molecule has 0 spiro atoms. The molecule has 2 saturated heterocycles. The van der Waals surface area contributed by atoms with Crippen molar-refractivity contribution >= 4 is 22.2 Å². The summed E-state index contributed by atoms with van der Waals surface area (Å²) in [6, 6.07) is 7.38. The van der Waals surface area contributed by atoms with Gasteiger partial charge in [-0.25, -0.2) is 4.39 Å². The maximum absolute atomic E-state index is 13.0. The molecule has 1 aromatic heterocycles.